The fourth-order valence-electron chi connectivity index (χ4n) is 3.10. The summed E-state index contributed by atoms with van der Waals surface area (Å²) in [6.07, 6.45) is 0.672. The van der Waals surface area contributed by atoms with E-state index >= 15 is 0 Å². The van der Waals surface area contributed by atoms with Crippen molar-refractivity contribution in [2.45, 2.75) is 26.7 Å². The molecule has 2 aromatic rings. The zero-order chi connectivity index (χ0) is 21.5. The number of hydrogen-bond donors (Lipinski definition) is 2. The predicted molar refractivity (Wildman–Crippen MR) is 116 cm³/mol. The van der Waals surface area contributed by atoms with Crippen molar-refractivity contribution in [3.63, 3.8) is 0 Å². The van der Waals surface area contributed by atoms with Crippen LogP contribution in [0.25, 0.3) is 0 Å². The molecule has 156 valence electrons. The number of esters is 1. The van der Waals surface area contributed by atoms with E-state index in [2.05, 4.69) is 15.6 Å². The highest BCUT2D eigenvalue weighted by molar-refractivity contribution is 6.24. The first kappa shape index (κ1) is 21.1. The molecule has 30 heavy (non-hydrogen) atoms. The first-order valence-electron chi connectivity index (χ1n) is 9.83. The lowest BCUT2D eigenvalue weighted by atomic mass is 10.1. The Balaban J connectivity index is 1.93. The van der Waals surface area contributed by atoms with Gasteiger partial charge in [-0.25, -0.2) is 9.79 Å². The third kappa shape index (κ3) is 4.86. The molecule has 0 atom stereocenters. The summed E-state index contributed by atoms with van der Waals surface area (Å²) in [4.78, 5) is 30.1. The SMILES string of the molecule is CCOC(=O)C1=C(CC)Nc2ccccc2N=C1NC(=O)Cc1ccc(OC)cc1. The van der Waals surface area contributed by atoms with Crippen molar-refractivity contribution in [3.05, 3.63) is 65.4 Å². The molecular weight excluding hydrogens is 382 g/mol. The number of anilines is 1. The van der Waals surface area contributed by atoms with E-state index in [-0.39, 0.29) is 30.3 Å². The maximum atomic E-state index is 12.8. The van der Waals surface area contributed by atoms with Gasteiger partial charge < -0.3 is 20.1 Å². The minimum Gasteiger partial charge on any atom is -0.497 e. The van der Waals surface area contributed by atoms with Crippen LogP contribution in [-0.2, 0) is 20.7 Å². The molecule has 0 unspecified atom stereocenters. The molecule has 0 aliphatic carbocycles. The quantitative estimate of drug-likeness (QED) is 0.712. The summed E-state index contributed by atoms with van der Waals surface area (Å²) in [5.41, 5.74) is 3.08. The van der Waals surface area contributed by atoms with Gasteiger partial charge in [0.1, 0.15) is 17.2 Å². The Bertz CT molecular complexity index is 994. The number of methoxy groups -OCH3 is 1. The molecule has 0 aromatic heterocycles. The highest BCUT2D eigenvalue weighted by atomic mass is 16.5. The molecule has 0 radical (unpaired) electrons. The summed E-state index contributed by atoms with van der Waals surface area (Å²) in [6, 6.07) is 14.7. The fraction of sp³-hybridized carbons (Fsp3) is 0.261. The third-order valence-electron chi connectivity index (χ3n) is 4.58. The average Bonchev–Trinajstić information content (AvgIpc) is 2.90. The fourth-order valence-corrected chi connectivity index (χ4v) is 3.10. The third-order valence-corrected chi connectivity index (χ3v) is 4.58. The van der Waals surface area contributed by atoms with Crippen LogP contribution in [0.3, 0.4) is 0 Å². The van der Waals surface area contributed by atoms with Gasteiger partial charge in [-0.1, -0.05) is 31.2 Å². The first-order valence-corrected chi connectivity index (χ1v) is 9.83. The number of ether oxygens (including phenoxy) is 2. The van der Waals surface area contributed by atoms with Gasteiger partial charge in [0.2, 0.25) is 5.91 Å². The van der Waals surface area contributed by atoms with Crippen molar-refractivity contribution in [2.24, 2.45) is 4.99 Å². The van der Waals surface area contributed by atoms with Crippen LogP contribution in [0, 0.1) is 0 Å². The van der Waals surface area contributed by atoms with Gasteiger partial charge in [0.25, 0.3) is 0 Å². The number of carbonyl (C=O) groups excluding carboxylic acids is 2. The van der Waals surface area contributed by atoms with E-state index in [0.29, 0.717) is 17.8 Å². The van der Waals surface area contributed by atoms with E-state index in [1.165, 1.54) is 0 Å². The molecule has 3 rings (SSSR count). The average molecular weight is 407 g/mol. The van der Waals surface area contributed by atoms with Crippen molar-refractivity contribution in [1.29, 1.82) is 0 Å². The lowest BCUT2D eigenvalue weighted by molar-refractivity contribution is -0.137. The summed E-state index contributed by atoms with van der Waals surface area (Å²) < 4.78 is 10.4. The minimum absolute atomic E-state index is 0.135. The smallest absolute Gasteiger partial charge is 0.343 e. The minimum atomic E-state index is -0.529. The Morgan fingerprint density at radius 1 is 1.07 bits per heavy atom. The van der Waals surface area contributed by atoms with Gasteiger partial charge >= 0.3 is 5.97 Å². The van der Waals surface area contributed by atoms with Gasteiger partial charge in [0, 0.05) is 5.70 Å². The summed E-state index contributed by atoms with van der Waals surface area (Å²) >= 11 is 0. The molecular formula is C23H25N3O4. The van der Waals surface area contributed by atoms with Crippen molar-refractivity contribution in [3.8, 4) is 5.75 Å². The molecule has 1 amide bonds. The van der Waals surface area contributed by atoms with Gasteiger partial charge in [0.15, 0.2) is 0 Å². The second-order valence-electron chi connectivity index (χ2n) is 6.60. The highest BCUT2D eigenvalue weighted by Crippen LogP contribution is 2.31. The second kappa shape index (κ2) is 9.73. The van der Waals surface area contributed by atoms with Crippen LogP contribution < -0.4 is 15.4 Å². The van der Waals surface area contributed by atoms with Gasteiger partial charge in [-0.15, -0.1) is 0 Å². The molecule has 0 bridgehead atoms. The second-order valence-corrected chi connectivity index (χ2v) is 6.60. The maximum absolute atomic E-state index is 12.8. The zero-order valence-electron chi connectivity index (χ0n) is 17.3. The van der Waals surface area contributed by atoms with E-state index < -0.39 is 5.97 Å². The lowest BCUT2D eigenvalue weighted by Gasteiger charge is -2.15. The molecule has 1 aliphatic heterocycles. The number of aliphatic imine (C=N–C) groups is 1. The maximum Gasteiger partial charge on any atom is 0.343 e. The largest absolute Gasteiger partial charge is 0.497 e. The molecule has 7 heteroatoms. The summed E-state index contributed by atoms with van der Waals surface area (Å²) in [7, 11) is 1.59. The number of benzene rings is 2. The van der Waals surface area contributed by atoms with E-state index in [0.717, 1.165) is 17.0 Å². The van der Waals surface area contributed by atoms with E-state index in [1.54, 1.807) is 26.2 Å². The Morgan fingerprint density at radius 2 is 1.80 bits per heavy atom. The molecule has 1 heterocycles. The standard InChI is InChI=1S/C23H25N3O4/c1-4-17-21(23(28)30-5-2)22(25-19-9-7-6-8-18(19)24-17)26-20(27)14-15-10-12-16(29-3)13-11-15/h6-13,24H,4-5,14H2,1-3H3,(H,25,26,27). The van der Waals surface area contributed by atoms with Gasteiger partial charge in [-0.2, -0.15) is 0 Å². The van der Waals surface area contributed by atoms with Crippen molar-refractivity contribution in [2.75, 3.05) is 19.0 Å². The number of amides is 1. The zero-order valence-corrected chi connectivity index (χ0v) is 17.3. The van der Waals surface area contributed by atoms with E-state index in [1.807, 2.05) is 43.3 Å². The van der Waals surface area contributed by atoms with Crippen LogP contribution >= 0.6 is 0 Å². The molecule has 2 aromatic carbocycles. The topological polar surface area (TPSA) is 89.0 Å². The van der Waals surface area contributed by atoms with E-state index in [4.69, 9.17) is 9.47 Å². The monoisotopic (exact) mass is 407 g/mol. The van der Waals surface area contributed by atoms with E-state index in [9.17, 15) is 9.59 Å². The predicted octanol–water partition coefficient (Wildman–Crippen LogP) is 3.74. The summed E-state index contributed by atoms with van der Waals surface area (Å²) in [6.45, 7) is 3.88. The number of allylic oxidation sites excluding steroid dienone is 1. The number of amidine groups is 1. The van der Waals surface area contributed by atoms with Gasteiger partial charge in [-0.3, -0.25) is 4.79 Å². The number of carbonyl (C=O) groups is 2. The first-order chi connectivity index (χ1) is 14.5. The lowest BCUT2D eigenvalue weighted by Crippen LogP contribution is -2.36. The van der Waals surface area contributed by atoms with Crippen molar-refractivity contribution in [1.82, 2.24) is 5.32 Å². The molecule has 7 nitrogen and oxygen atoms in total. The molecule has 0 spiro atoms. The van der Waals surface area contributed by atoms with Gasteiger partial charge in [-0.05, 0) is 43.2 Å². The van der Waals surface area contributed by atoms with Crippen molar-refractivity contribution < 1.29 is 19.1 Å². The number of para-hydroxylation sites is 2. The van der Waals surface area contributed by atoms with Crippen LogP contribution in [0.15, 0.2) is 64.8 Å². The summed E-state index contributed by atoms with van der Waals surface area (Å²) in [5.74, 6) is 0.0880. The van der Waals surface area contributed by atoms with Crippen LogP contribution in [0.5, 0.6) is 5.75 Å². The molecule has 0 fully saturated rings. The number of nitrogens with zero attached hydrogens (tertiary/aromatic N) is 1. The number of nitrogens with one attached hydrogen (secondary N) is 2. The Kier molecular flexibility index (Phi) is 6.85. The number of fused-ring (bicyclic) bond motifs is 1. The number of rotatable bonds is 6. The van der Waals surface area contributed by atoms with Crippen LogP contribution in [-0.4, -0.2) is 31.4 Å². The normalized spacial score (nSPS) is 12.8. The number of hydrogen-bond acceptors (Lipinski definition) is 6. The molecule has 1 aliphatic rings. The molecule has 0 saturated heterocycles. The molecule has 2 N–H and O–H groups in total. The Morgan fingerprint density at radius 3 is 2.47 bits per heavy atom. The molecule has 0 saturated carbocycles. The van der Waals surface area contributed by atoms with Crippen LogP contribution in [0.2, 0.25) is 0 Å². The van der Waals surface area contributed by atoms with Crippen molar-refractivity contribution >= 4 is 29.1 Å². The van der Waals surface area contributed by atoms with Crippen LogP contribution in [0.1, 0.15) is 25.8 Å². The van der Waals surface area contributed by atoms with Gasteiger partial charge in [0.05, 0.1) is 31.5 Å². The van der Waals surface area contributed by atoms with Crippen LogP contribution in [0.4, 0.5) is 11.4 Å². The summed E-state index contributed by atoms with van der Waals surface area (Å²) in [5, 5.41) is 6.07. The highest BCUT2D eigenvalue weighted by Gasteiger charge is 2.27. The Hall–Kier alpha value is -3.61. The Labute approximate surface area is 175 Å².